The zero-order valence-corrected chi connectivity index (χ0v) is 14.0. The quantitative estimate of drug-likeness (QED) is 0.724. The smallest absolute Gasteiger partial charge is 0.335 e. The molecule has 2 amide bonds. The molecule has 6 heteroatoms. The van der Waals surface area contributed by atoms with Crippen LogP contribution in [0.5, 0.6) is 0 Å². The Balaban J connectivity index is 1.71. The molecule has 2 rings (SSSR count). The van der Waals surface area contributed by atoms with Crippen LogP contribution < -0.4 is 10.6 Å². The van der Waals surface area contributed by atoms with Crippen molar-refractivity contribution >= 4 is 27.9 Å². The highest BCUT2D eigenvalue weighted by molar-refractivity contribution is 9.10. The van der Waals surface area contributed by atoms with Crippen molar-refractivity contribution in [2.24, 2.45) is 0 Å². The lowest BCUT2D eigenvalue weighted by atomic mass is 10.1. The highest BCUT2D eigenvalue weighted by Crippen LogP contribution is 2.11. The number of hydrogen-bond acceptors (Lipinski definition) is 2. The van der Waals surface area contributed by atoms with Gasteiger partial charge in [-0.25, -0.2) is 9.59 Å². The molecule has 5 nitrogen and oxygen atoms in total. The van der Waals surface area contributed by atoms with Gasteiger partial charge < -0.3 is 15.7 Å². The van der Waals surface area contributed by atoms with Gasteiger partial charge >= 0.3 is 12.0 Å². The number of benzene rings is 2. The lowest BCUT2D eigenvalue weighted by Gasteiger charge is -2.08. The first-order chi connectivity index (χ1) is 11.0. The van der Waals surface area contributed by atoms with Crippen LogP contribution in [-0.2, 0) is 13.0 Å². The van der Waals surface area contributed by atoms with Crippen LogP contribution in [0.25, 0.3) is 0 Å². The second-order valence-electron chi connectivity index (χ2n) is 4.99. The van der Waals surface area contributed by atoms with Crippen LogP contribution in [0.3, 0.4) is 0 Å². The van der Waals surface area contributed by atoms with Crippen molar-refractivity contribution < 1.29 is 14.7 Å². The molecule has 0 unspecified atom stereocenters. The van der Waals surface area contributed by atoms with Gasteiger partial charge in [0.25, 0.3) is 0 Å². The fourth-order valence-electron chi connectivity index (χ4n) is 2.02. The molecule has 0 fully saturated rings. The van der Waals surface area contributed by atoms with Crippen molar-refractivity contribution in [1.29, 1.82) is 0 Å². The van der Waals surface area contributed by atoms with Crippen molar-refractivity contribution in [2.75, 3.05) is 6.54 Å². The normalized spacial score (nSPS) is 10.1. The first-order valence-corrected chi connectivity index (χ1v) is 7.92. The summed E-state index contributed by atoms with van der Waals surface area (Å²) in [5.74, 6) is -0.963. The second kappa shape index (κ2) is 8.33. The number of hydrogen-bond donors (Lipinski definition) is 3. The molecule has 0 atom stereocenters. The summed E-state index contributed by atoms with van der Waals surface area (Å²) in [7, 11) is 0. The fourth-order valence-corrected chi connectivity index (χ4v) is 2.47. The van der Waals surface area contributed by atoms with Crippen LogP contribution in [0, 0.1) is 0 Å². The number of urea groups is 1. The molecule has 0 aliphatic carbocycles. The number of amides is 2. The summed E-state index contributed by atoms with van der Waals surface area (Å²) in [6.07, 6.45) is 0.750. The summed E-state index contributed by atoms with van der Waals surface area (Å²) >= 11 is 3.41. The van der Waals surface area contributed by atoms with E-state index in [4.69, 9.17) is 5.11 Å². The van der Waals surface area contributed by atoms with Gasteiger partial charge in [0.2, 0.25) is 0 Å². The first-order valence-electron chi connectivity index (χ1n) is 7.13. The van der Waals surface area contributed by atoms with E-state index in [-0.39, 0.29) is 11.6 Å². The molecule has 23 heavy (non-hydrogen) atoms. The first kappa shape index (κ1) is 17.0. The number of carbonyl (C=O) groups excluding carboxylic acids is 1. The Labute approximate surface area is 142 Å². The van der Waals surface area contributed by atoms with Gasteiger partial charge in [-0.3, -0.25) is 0 Å². The minimum atomic E-state index is -0.963. The average Bonchev–Trinajstić information content (AvgIpc) is 2.53. The van der Waals surface area contributed by atoms with E-state index in [0.717, 1.165) is 22.0 Å². The molecule has 0 aliphatic rings. The molecule has 0 saturated carbocycles. The fraction of sp³-hybridized carbons (Fsp3) is 0.176. The Morgan fingerprint density at radius 3 is 2.39 bits per heavy atom. The number of carboxylic acid groups (broad SMARTS) is 1. The largest absolute Gasteiger partial charge is 0.478 e. The number of carboxylic acids is 1. The number of carbonyl (C=O) groups is 2. The molecule has 0 saturated heterocycles. The lowest BCUT2D eigenvalue weighted by Crippen LogP contribution is -2.36. The molecule has 2 aromatic carbocycles. The Kier molecular flexibility index (Phi) is 6.17. The third-order valence-corrected chi connectivity index (χ3v) is 3.74. The van der Waals surface area contributed by atoms with Gasteiger partial charge in [-0.1, -0.05) is 40.2 Å². The van der Waals surface area contributed by atoms with Gasteiger partial charge in [0.1, 0.15) is 0 Å². The van der Waals surface area contributed by atoms with E-state index in [2.05, 4.69) is 26.6 Å². The number of halogens is 1. The lowest BCUT2D eigenvalue weighted by molar-refractivity contribution is 0.0697. The van der Waals surface area contributed by atoms with E-state index >= 15 is 0 Å². The van der Waals surface area contributed by atoms with Crippen molar-refractivity contribution in [3.8, 4) is 0 Å². The third kappa shape index (κ3) is 5.75. The molecule has 0 aliphatic heterocycles. The Bertz CT molecular complexity index is 686. The molecule has 0 bridgehead atoms. The van der Waals surface area contributed by atoms with E-state index in [1.165, 1.54) is 12.1 Å². The molecule has 2 aromatic rings. The van der Waals surface area contributed by atoms with Crippen LogP contribution in [0.4, 0.5) is 4.79 Å². The van der Waals surface area contributed by atoms with E-state index < -0.39 is 5.97 Å². The van der Waals surface area contributed by atoms with Crippen molar-refractivity contribution in [3.63, 3.8) is 0 Å². The topological polar surface area (TPSA) is 78.4 Å². The van der Waals surface area contributed by atoms with E-state index in [9.17, 15) is 9.59 Å². The van der Waals surface area contributed by atoms with E-state index in [1.54, 1.807) is 12.1 Å². The maximum Gasteiger partial charge on any atom is 0.335 e. The van der Waals surface area contributed by atoms with Gasteiger partial charge in [-0.15, -0.1) is 0 Å². The number of aromatic carboxylic acids is 1. The van der Waals surface area contributed by atoms with Crippen LogP contribution in [0.1, 0.15) is 21.5 Å². The predicted molar refractivity (Wildman–Crippen MR) is 91.5 cm³/mol. The molecule has 3 N–H and O–H groups in total. The van der Waals surface area contributed by atoms with Crippen LogP contribution in [0.15, 0.2) is 53.0 Å². The molecule has 0 spiro atoms. The minimum Gasteiger partial charge on any atom is -0.478 e. The third-order valence-electron chi connectivity index (χ3n) is 3.24. The Morgan fingerprint density at radius 2 is 1.74 bits per heavy atom. The van der Waals surface area contributed by atoms with Gasteiger partial charge in [0, 0.05) is 17.6 Å². The summed E-state index contributed by atoms with van der Waals surface area (Å²) in [4.78, 5) is 22.5. The standard InChI is InChI=1S/C17H17BrN2O3/c18-15-3-1-2-12(10-15)8-9-19-17(23)20-11-13-4-6-14(7-5-13)16(21)22/h1-7,10H,8-9,11H2,(H,21,22)(H2,19,20,23). The van der Waals surface area contributed by atoms with Crippen LogP contribution >= 0.6 is 15.9 Å². The molecule has 0 heterocycles. The maximum absolute atomic E-state index is 11.7. The van der Waals surface area contributed by atoms with Gasteiger partial charge in [0.15, 0.2) is 0 Å². The van der Waals surface area contributed by atoms with Crippen LogP contribution in [-0.4, -0.2) is 23.7 Å². The van der Waals surface area contributed by atoms with Crippen molar-refractivity contribution in [1.82, 2.24) is 10.6 Å². The SMILES string of the molecule is O=C(NCCc1cccc(Br)c1)NCc1ccc(C(=O)O)cc1. The molecule has 0 aromatic heterocycles. The Hall–Kier alpha value is -2.34. The molecule has 120 valence electrons. The predicted octanol–water partition coefficient (Wildman–Crippen LogP) is 3.19. The molecular weight excluding hydrogens is 360 g/mol. The van der Waals surface area contributed by atoms with Gasteiger partial charge in [0.05, 0.1) is 5.56 Å². The van der Waals surface area contributed by atoms with Crippen LogP contribution in [0.2, 0.25) is 0 Å². The summed E-state index contributed by atoms with van der Waals surface area (Å²) in [5, 5.41) is 14.3. The van der Waals surface area contributed by atoms with E-state index in [1.807, 2.05) is 24.3 Å². The summed E-state index contributed by atoms with van der Waals surface area (Å²) in [6.45, 7) is 0.892. The average molecular weight is 377 g/mol. The summed E-state index contributed by atoms with van der Waals surface area (Å²) < 4.78 is 1.02. The van der Waals surface area contributed by atoms with Gasteiger partial charge in [-0.2, -0.15) is 0 Å². The summed E-state index contributed by atoms with van der Waals surface area (Å²) in [5.41, 5.74) is 2.22. The monoisotopic (exact) mass is 376 g/mol. The summed E-state index contributed by atoms with van der Waals surface area (Å²) in [6, 6.07) is 14.1. The van der Waals surface area contributed by atoms with Crippen molar-refractivity contribution in [2.45, 2.75) is 13.0 Å². The Morgan fingerprint density at radius 1 is 1.00 bits per heavy atom. The zero-order chi connectivity index (χ0) is 16.7. The molecular formula is C17H17BrN2O3. The molecule has 0 radical (unpaired) electrons. The highest BCUT2D eigenvalue weighted by atomic mass is 79.9. The number of nitrogens with one attached hydrogen (secondary N) is 2. The van der Waals surface area contributed by atoms with Gasteiger partial charge in [-0.05, 0) is 41.8 Å². The second-order valence-corrected chi connectivity index (χ2v) is 5.91. The highest BCUT2D eigenvalue weighted by Gasteiger charge is 2.03. The van der Waals surface area contributed by atoms with E-state index in [0.29, 0.717) is 13.1 Å². The minimum absolute atomic E-state index is 0.229. The van der Waals surface area contributed by atoms with Crippen molar-refractivity contribution in [3.05, 3.63) is 69.7 Å². The number of rotatable bonds is 6. The zero-order valence-electron chi connectivity index (χ0n) is 12.4. The maximum atomic E-state index is 11.7.